The van der Waals surface area contributed by atoms with E-state index in [1.165, 1.54) is 12.1 Å². The first-order valence-electron chi connectivity index (χ1n) is 6.20. The van der Waals surface area contributed by atoms with Gasteiger partial charge < -0.3 is 15.5 Å². The number of halogens is 1. The Labute approximate surface area is 108 Å². The lowest BCUT2D eigenvalue weighted by Crippen LogP contribution is -2.38. The number of rotatable bonds is 6. The van der Waals surface area contributed by atoms with Crippen molar-refractivity contribution < 1.29 is 14.6 Å². The molecular weight excluding hydrogens is 233 g/mol. The molecule has 1 atom stereocenters. The SMILES string of the molecule is CC(C)CC(C)(O)CNCc1cc(O)cc(F)c1. The van der Waals surface area contributed by atoms with E-state index in [-0.39, 0.29) is 5.75 Å². The third-order valence-corrected chi connectivity index (χ3v) is 2.63. The summed E-state index contributed by atoms with van der Waals surface area (Å²) in [5, 5.41) is 22.4. The zero-order chi connectivity index (χ0) is 13.8. The van der Waals surface area contributed by atoms with E-state index in [9.17, 15) is 14.6 Å². The summed E-state index contributed by atoms with van der Waals surface area (Å²) in [5.41, 5.74) is -0.114. The van der Waals surface area contributed by atoms with Gasteiger partial charge >= 0.3 is 0 Å². The average Bonchev–Trinajstić information content (AvgIpc) is 2.12. The molecule has 0 aromatic heterocycles. The van der Waals surface area contributed by atoms with Gasteiger partial charge in [-0.15, -0.1) is 0 Å². The van der Waals surface area contributed by atoms with Gasteiger partial charge in [0.05, 0.1) is 5.60 Å². The van der Waals surface area contributed by atoms with Crippen LogP contribution in [0.1, 0.15) is 32.8 Å². The molecule has 0 bridgehead atoms. The number of phenols is 1. The van der Waals surface area contributed by atoms with E-state index in [4.69, 9.17) is 0 Å². The van der Waals surface area contributed by atoms with Crippen LogP contribution in [0.4, 0.5) is 4.39 Å². The van der Waals surface area contributed by atoms with E-state index in [2.05, 4.69) is 19.2 Å². The van der Waals surface area contributed by atoms with Crippen LogP contribution in [0.3, 0.4) is 0 Å². The molecule has 0 fully saturated rings. The van der Waals surface area contributed by atoms with Crippen LogP contribution < -0.4 is 5.32 Å². The molecule has 0 amide bonds. The summed E-state index contributed by atoms with van der Waals surface area (Å²) in [6.07, 6.45) is 0.703. The number of hydrogen-bond acceptors (Lipinski definition) is 3. The minimum Gasteiger partial charge on any atom is -0.508 e. The first kappa shape index (κ1) is 14.9. The summed E-state index contributed by atoms with van der Waals surface area (Å²) in [6, 6.07) is 3.94. The van der Waals surface area contributed by atoms with Crippen LogP contribution in [0.5, 0.6) is 5.75 Å². The van der Waals surface area contributed by atoms with E-state index in [0.29, 0.717) is 31.0 Å². The fourth-order valence-corrected chi connectivity index (χ4v) is 2.16. The first-order valence-corrected chi connectivity index (χ1v) is 6.20. The van der Waals surface area contributed by atoms with Crippen molar-refractivity contribution >= 4 is 0 Å². The fourth-order valence-electron chi connectivity index (χ4n) is 2.16. The van der Waals surface area contributed by atoms with Gasteiger partial charge in [-0.1, -0.05) is 13.8 Å². The van der Waals surface area contributed by atoms with Crippen LogP contribution in [0.15, 0.2) is 18.2 Å². The Bertz CT molecular complexity index is 371. The molecule has 1 aromatic rings. The Kier molecular flexibility index (Phi) is 5.11. The van der Waals surface area contributed by atoms with Gasteiger partial charge in [-0.25, -0.2) is 4.39 Å². The van der Waals surface area contributed by atoms with Gasteiger partial charge in [-0.2, -0.15) is 0 Å². The van der Waals surface area contributed by atoms with Gasteiger partial charge in [0.25, 0.3) is 0 Å². The third-order valence-electron chi connectivity index (χ3n) is 2.63. The van der Waals surface area contributed by atoms with Crippen molar-refractivity contribution in [2.75, 3.05) is 6.54 Å². The van der Waals surface area contributed by atoms with Crippen LogP contribution in [-0.4, -0.2) is 22.4 Å². The lowest BCUT2D eigenvalue weighted by atomic mass is 9.94. The van der Waals surface area contributed by atoms with Crippen molar-refractivity contribution in [2.45, 2.75) is 39.3 Å². The van der Waals surface area contributed by atoms with Crippen LogP contribution in [0.2, 0.25) is 0 Å². The van der Waals surface area contributed by atoms with Crippen molar-refractivity contribution in [1.82, 2.24) is 5.32 Å². The fraction of sp³-hybridized carbons (Fsp3) is 0.571. The van der Waals surface area contributed by atoms with Gasteiger partial charge in [0, 0.05) is 19.2 Å². The maximum absolute atomic E-state index is 13.0. The van der Waals surface area contributed by atoms with Crippen molar-refractivity contribution in [2.24, 2.45) is 5.92 Å². The smallest absolute Gasteiger partial charge is 0.127 e. The van der Waals surface area contributed by atoms with Crippen LogP contribution in [-0.2, 0) is 6.54 Å². The molecule has 0 radical (unpaired) electrons. The highest BCUT2D eigenvalue weighted by atomic mass is 19.1. The van der Waals surface area contributed by atoms with E-state index in [0.717, 1.165) is 6.07 Å². The summed E-state index contributed by atoms with van der Waals surface area (Å²) in [4.78, 5) is 0. The van der Waals surface area contributed by atoms with Crippen molar-refractivity contribution in [3.05, 3.63) is 29.6 Å². The molecular formula is C14H22FNO2. The zero-order valence-electron chi connectivity index (χ0n) is 11.2. The van der Waals surface area contributed by atoms with Crippen molar-refractivity contribution in [3.63, 3.8) is 0 Å². The maximum Gasteiger partial charge on any atom is 0.127 e. The average molecular weight is 255 g/mol. The topological polar surface area (TPSA) is 52.5 Å². The highest BCUT2D eigenvalue weighted by molar-refractivity contribution is 5.28. The summed E-state index contributed by atoms with van der Waals surface area (Å²) in [7, 11) is 0. The Morgan fingerprint density at radius 1 is 1.33 bits per heavy atom. The maximum atomic E-state index is 13.0. The van der Waals surface area contributed by atoms with Gasteiger partial charge in [0.15, 0.2) is 0 Å². The van der Waals surface area contributed by atoms with Crippen molar-refractivity contribution in [3.8, 4) is 5.75 Å². The van der Waals surface area contributed by atoms with E-state index >= 15 is 0 Å². The standard InChI is InChI=1S/C14H22FNO2/c1-10(2)7-14(3,18)9-16-8-11-4-12(15)6-13(17)5-11/h4-6,10,16-18H,7-9H2,1-3H3. The summed E-state index contributed by atoms with van der Waals surface area (Å²) >= 11 is 0. The van der Waals surface area contributed by atoms with Gasteiger partial charge in [0.2, 0.25) is 0 Å². The molecule has 0 aliphatic heterocycles. The molecule has 3 N–H and O–H groups in total. The summed E-state index contributed by atoms with van der Waals surface area (Å²) in [6.45, 7) is 6.74. The van der Waals surface area contributed by atoms with Crippen molar-refractivity contribution in [1.29, 1.82) is 0 Å². The molecule has 0 aliphatic rings. The predicted molar refractivity (Wildman–Crippen MR) is 69.9 cm³/mol. The largest absolute Gasteiger partial charge is 0.508 e. The zero-order valence-corrected chi connectivity index (χ0v) is 11.2. The number of phenolic OH excluding ortho intramolecular Hbond substituents is 1. The van der Waals surface area contributed by atoms with E-state index < -0.39 is 11.4 Å². The van der Waals surface area contributed by atoms with E-state index in [1.807, 2.05) is 0 Å². The molecule has 4 heteroatoms. The Balaban J connectivity index is 2.46. The highest BCUT2D eigenvalue weighted by Crippen LogP contribution is 2.17. The number of hydrogen-bond donors (Lipinski definition) is 3. The van der Waals surface area contributed by atoms with Crippen LogP contribution >= 0.6 is 0 Å². The number of benzene rings is 1. The molecule has 0 saturated carbocycles. The quantitative estimate of drug-likeness (QED) is 0.731. The van der Waals surface area contributed by atoms with Gasteiger partial charge in [-0.3, -0.25) is 0 Å². The molecule has 1 rings (SSSR count). The molecule has 102 valence electrons. The molecule has 1 unspecified atom stereocenters. The molecule has 0 saturated heterocycles. The minimum absolute atomic E-state index is 0.0826. The lowest BCUT2D eigenvalue weighted by Gasteiger charge is -2.25. The second-order valence-electron chi connectivity index (χ2n) is 5.52. The highest BCUT2D eigenvalue weighted by Gasteiger charge is 2.21. The van der Waals surface area contributed by atoms with Crippen LogP contribution in [0.25, 0.3) is 0 Å². The first-order chi connectivity index (χ1) is 8.28. The number of aromatic hydroxyl groups is 1. The molecule has 0 aliphatic carbocycles. The summed E-state index contributed by atoms with van der Waals surface area (Å²) in [5.74, 6) is -0.124. The summed E-state index contributed by atoms with van der Waals surface area (Å²) < 4.78 is 13.0. The number of aliphatic hydroxyl groups is 1. The van der Waals surface area contributed by atoms with E-state index in [1.54, 1.807) is 6.92 Å². The Morgan fingerprint density at radius 3 is 2.56 bits per heavy atom. The molecule has 18 heavy (non-hydrogen) atoms. The lowest BCUT2D eigenvalue weighted by molar-refractivity contribution is 0.0383. The molecule has 0 heterocycles. The molecule has 1 aromatic carbocycles. The van der Waals surface area contributed by atoms with Gasteiger partial charge in [0.1, 0.15) is 11.6 Å². The Morgan fingerprint density at radius 2 is 2.00 bits per heavy atom. The molecule has 3 nitrogen and oxygen atoms in total. The third kappa shape index (κ3) is 5.47. The Hall–Kier alpha value is -1.13. The molecule has 0 spiro atoms. The normalized spacial score (nSPS) is 14.8. The minimum atomic E-state index is -0.774. The van der Waals surface area contributed by atoms with Crippen LogP contribution in [0, 0.1) is 11.7 Å². The number of nitrogens with one attached hydrogen (secondary N) is 1. The monoisotopic (exact) mass is 255 g/mol. The van der Waals surface area contributed by atoms with Gasteiger partial charge in [-0.05, 0) is 37.0 Å². The predicted octanol–water partition coefficient (Wildman–Crippen LogP) is 2.42. The second kappa shape index (κ2) is 6.16. The second-order valence-corrected chi connectivity index (χ2v) is 5.52.